The number of hydrogen-bond donors (Lipinski definition) is 0. The first-order chi connectivity index (χ1) is 13.6. The number of halogens is 1. The van der Waals surface area contributed by atoms with Crippen LogP contribution in [0.25, 0.3) is 5.57 Å². The van der Waals surface area contributed by atoms with Gasteiger partial charge in [0.2, 0.25) is 0 Å². The van der Waals surface area contributed by atoms with E-state index in [2.05, 4.69) is 22.5 Å². The number of ether oxygens (including phenoxy) is 3. The monoisotopic (exact) mass is 438 g/mol. The Morgan fingerprint density at radius 1 is 0.750 bits per heavy atom. The van der Waals surface area contributed by atoms with Gasteiger partial charge >= 0.3 is 0 Å². The van der Waals surface area contributed by atoms with E-state index in [9.17, 15) is 0 Å². The third kappa shape index (κ3) is 5.17. The lowest BCUT2D eigenvalue weighted by Gasteiger charge is -2.11. The SMILES string of the molecule is C=C(Cc1cc(OC)cc(OC)c1)c1ccc(Oc2ccc(CBr)cc2)cc1. The van der Waals surface area contributed by atoms with Gasteiger partial charge in [-0.1, -0.05) is 46.8 Å². The van der Waals surface area contributed by atoms with Gasteiger partial charge in [-0.05, 0) is 65.1 Å². The van der Waals surface area contributed by atoms with Crippen LogP contribution < -0.4 is 14.2 Å². The first-order valence-electron chi connectivity index (χ1n) is 8.94. The molecule has 144 valence electrons. The maximum Gasteiger partial charge on any atom is 0.127 e. The van der Waals surface area contributed by atoms with Gasteiger partial charge in [-0.15, -0.1) is 0 Å². The van der Waals surface area contributed by atoms with Crippen molar-refractivity contribution < 1.29 is 14.2 Å². The smallest absolute Gasteiger partial charge is 0.127 e. The molecule has 0 aliphatic heterocycles. The van der Waals surface area contributed by atoms with E-state index in [1.807, 2.05) is 66.7 Å². The van der Waals surface area contributed by atoms with Crippen LogP contribution in [0.4, 0.5) is 0 Å². The minimum Gasteiger partial charge on any atom is -0.497 e. The zero-order valence-electron chi connectivity index (χ0n) is 16.1. The van der Waals surface area contributed by atoms with Crippen molar-refractivity contribution in [3.05, 3.63) is 90.0 Å². The quantitative estimate of drug-likeness (QED) is 0.368. The highest BCUT2D eigenvalue weighted by Gasteiger charge is 2.06. The molecule has 0 amide bonds. The Labute approximate surface area is 174 Å². The predicted molar refractivity (Wildman–Crippen MR) is 118 cm³/mol. The van der Waals surface area contributed by atoms with E-state index >= 15 is 0 Å². The fraction of sp³-hybridized carbons (Fsp3) is 0.167. The summed E-state index contributed by atoms with van der Waals surface area (Å²) in [7, 11) is 3.30. The molecule has 0 heterocycles. The van der Waals surface area contributed by atoms with Gasteiger partial charge in [0.05, 0.1) is 14.2 Å². The highest BCUT2D eigenvalue weighted by molar-refractivity contribution is 9.08. The third-order valence-corrected chi connectivity index (χ3v) is 5.05. The minimum atomic E-state index is 0.710. The number of rotatable bonds is 8. The molecule has 0 unspecified atom stereocenters. The van der Waals surface area contributed by atoms with E-state index in [0.29, 0.717) is 6.42 Å². The van der Waals surface area contributed by atoms with Gasteiger partial charge in [0.15, 0.2) is 0 Å². The fourth-order valence-electron chi connectivity index (χ4n) is 2.86. The largest absolute Gasteiger partial charge is 0.497 e. The predicted octanol–water partition coefficient (Wildman–Crippen LogP) is 6.65. The zero-order chi connectivity index (χ0) is 19.9. The highest BCUT2D eigenvalue weighted by atomic mass is 79.9. The Balaban J connectivity index is 1.68. The highest BCUT2D eigenvalue weighted by Crippen LogP contribution is 2.28. The number of alkyl halides is 1. The molecule has 3 aromatic rings. The molecule has 0 aromatic heterocycles. The molecule has 0 atom stereocenters. The molecule has 28 heavy (non-hydrogen) atoms. The van der Waals surface area contributed by atoms with Crippen LogP contribution >= 0.6 is 15.9 Å². The topological polar surface area (TPSA) is 27.7 Å². The van der Waals surface area contributed by atoms with Crippen molar-refractivity contribution in [2.45, 2.75) is 11.8 Å². The molecule has 0 spiro atoms. The van der Waals surface area contributed by atoms with E-state index in [-0.39, 0.29) is 0 Å². The van der Waals surface area contributed by atoms with Gasteiger partial charge in [0.25, 0.3) is 0 Å². The first-order valence-corrected chi connectivity index (χ1v) is 10.1. The molecule has 0 aliphatic rings. The summed E-state index contributed by atoms with van der Waals surface area (Å²) in [5.41, 5.74) is 4.40. The van der Waals surface area contributed by atoms with E-state index in [0.717, 1.165) is 45.0 Å². The number of hydrogen-bond acceptors (Lipinski definition) is 3. The number of allylic oxidation sites excluding steroid dienone is 1. The molecule has 0 saturated heterocycles. The Kier molecular flexibility index (Phi) is 6.77. The molecule has 3 aromatic carbocycles. The molecule has 0 radical (unpaired) electrons. The second kappa shape index (κ2) is 9.47. The van der Waals surface area contributed by atoms with Crippen molar-refractivity contribution in [1.82, 2.24) is 0 Å². The lowest BCUT2D eigenvalue weighted by atomic mass is 9.99. The van der Waals surface area contributed by atoms with Crippen LogP contribution in [0.2, 0.25) is 0 Å². The summed E-state index contributed by atoms with van der Waals surface area (Å²) in [5, 5.41) is 0.837. The van der Waals surface area contributed by atoms with Crippen molar-refractivity contribution in [3.63, 3.8) is 0 Å². The van der Waals surface area contributed by atoms with E-state index in [4.69, 9.17) is 14.2 Å². The van der Waals surface area contributed by atoms with Gasteiger partial charge in [-0.3, -0.25) is 0 Å². The number of benzene rings is 3. The normalized spacial score (nSPS) is 10.4. The summed E-state index contributed by atoms with van der Waals surface area (Å²) < 4.78 is 16.6. The lowest BCUT2D eigenvalue weighted by molar-refractivity contribution is 0.393. The summed E-state index contributed by atoms with van der Waals surface area (Å²) >= 11 is 3.45. The van der Waals surface area contributed by atoms with Crippen molar-refractivity contribution in [2.24, 2.45) is 0 Å². The molecule has 0 saturated carbocycles. The van der Waals surface area contributed by atoms with Gasteiger partial charge in [0.1, 0.15) is 23.0 Å². The van der Waals surface area contributed by atoms with Crippen molar-refractivity contribution in [1.29, 1.82) is 0 Å². The molecule has 0 aliphatic carbocycles. The first kappa shape index (κ1) is 20.0. The minimum absolute atomic E-state index is 0.710. The van der Waals surface area contributed by atoms with Crippen molar-refractivity contribution >= 4 is 21.5 Å². The van der Waals surface area contributed by atoms with Crippen LogP contribution in [0, 0.1) is 0 Å². The Morgan fingerprint density at radius 2 is 1.29 bits per heavy atom. The summed E-state index contributed by atoms with van der Waals surface area (Å²) in [6, 6.07) is 21.9. The van der Waals surface area contributed by atoms with Crippen LogP contribution in [-0.4, -0.2) is 14.2 Å². The Bertz CT molecular complexity index is 909. The molecule has 0 fully saturated rings. The Hall–Kier alpha value is -2.72. The zero-order valence-corrected chi connectivity index (χ0v) is 17.7. The van der Waals surface area contributed by atoms with Crippen LogP contribution in [0.15, 0.2) is 73.3 Å². The lowest BCUT2D eigenvalue weighted by Crippen LogP contribution is -1.94. The summed E-state index contributed by atoms with van der Waals surface area (Å²) in [4.78, 5) is 0. The molecule has 3 rings (SSSR count). The van der Waals surface area contributed by atoms with Crippen LogP contribution in [-0.2, 0) is 11.8 Å². The summed E-state index contributed by atoms with van der Waals surface area (Å²) in [6.07, 6.45) is 0.710. The van der Waals surface area contributed by atoms with Gasteiger partial charge < -0.3 is 14.2 Å². The third-order valence-electron chi connectivity index (χ3n) is 4.40. The molecular formula is C24H23BrO3. The molecule has 0 N–H and O–H groups in total. The number of methoxy groups -OCH3 is 2. The average molecular weight is 439 g/mol. The van der Waals surface area contributed by atoms with Gasteiger partial charge in [-0.25, -0.2) is 0 Å². The van der Waals surface area contributed by atoms with Crippen molar-refractivity contribution in [2.75, 3.05) is 14.2 Å². The average Bonchev–Trinajstić information content (AvgIpc) is 2.74. The summed E-state index contributed by atoms with van der Waals surface area (Å²) in [5.74, 6) is 3.17. The maximum absolute atomic E-state index is 5.91. The van der Waals surface area contributed by atoms with E-state index in [1.54, 1.807) is 14.2 Å². The van der Waals surface area contributed by atoms with Crippen molar-refractivity contribution in [3.8, 4) is 23.0 Å². The van der Waals surface area contributed by atoms with Gasteiger partial charge in [-0.2, -0.15) is 0 Å². The van der Waals surface area contributed by atoms with Gasteiger partial charge in [0, 0.05) is 11.4 Å². The summed E-state index contributed by atoms with van der Waals surface area (Å²) in [6.45, 7) is 4.24. The van der Waals surface area contributed by atoms with E-state index in [1.165, 1.54) is 5.56 Å². The van der Waals surface area contributed by atoms with Crippen LogP contribution in [0.1, 0.15) is 16.7 Å². The second-order valence-corrected chi connectivity index (χ2v) is 6.97. The standard InChI is InChI=1S/C24H23BrO3/c1-17(12-19-13-23(26-2)15-24(14-19)27-3)20-6-10-22(11-7-20)28-21-8-4-18(16-25)5-9-21/h4-11,13-15H,1,12,16H2,2-3H3. The Morgan fingerprint density at radius 3 is 1.79 bits per heavy atom. The fourth-order valence-corrected chi connectivity index (χ4v) is 3.23. The van der Waals surface area contributed by atoms with Crippen LogP contribution in [0.5, 0.6) is 23.0 Å². The molecule has 3 nitrogen and oxygen atoms in total. The van der Waals surface area contributed by atoms with E-state index < -0.39 is 0 Å². The second-order valence-electron chi connectivity index (χ2n) is 6.41. The maximum atomic E-state index is 5.91. The molecule has 0 bridgehead atoms. The van der Waals surface area contributed by atoms with Crippen LogP contribution in [0.3, 0.4) is 0 Å². The molecular weight excluding hydrogens is 416 g/mol. The molecule has 4 heteroatoms.